The molecule has 25 heavy (non-hydrogen) atoms. The van der Waals surface area contributed by atoms with Gasteiger partial charge in [-0.2, -0.15) is 4.98 Å². The smallest absolute Gasteiger partial charge is 0.230 e. The number of aryl methyl sites for hydroxylation is 1. The molecule has 0 radical (unpaired) electrons. The molecule has 0 spiro atoms. The normalized spacial score (nSPS) is 21.2. The second-order valence-corrected chi connectivity index (χ2v) is 7.94. The number of aromatic nitrogens is 5. The van der Waals surface area contributed by atoms with Crippen LogP contribution in [-0.4, -0.2) is 38.9 Å². The van der Waals surface area contributed by atoms with Crippen LogP contribution in [0.4, 0.5) is 0 Å². The van der Waals surface area contributed by atoms with Gasteiger partial charge >= 0.3 is 0 Å². The van der Waals surface area contributed by atoms with Gasteiger partial charge in [-0.25, -0.2) is 4.68 Å². The van der Waals surface area contributed by atoms with E-state index in [0.717, 1.165) is 43.2 Å². The largest absolute Gasteiger partial charge is 0.383 e. The van der Waals surface area contributed by atoms with Crippen molar-refractivity contribution in [3.8, 4) is 0 Å². The van der Waals surface area contributed by atoms with Gasteiger partial charge in [-0.1, -0.05) is 30.6 Å². The summed E-state index contributed by atoms with van der Waals surface area (Å²) >= 11 is 0. The summed E-state index contributed by atoms with van der Waals surface area (Å²) in [5.74, 6) is 2.57. The standard InChI is InChI=1S/C18H27N5O2/c1-18(2,13-5-4-6-13)17-19-16(25-21-17)12-7-8-14-15(11-12)23(22-20-14)9-10-24-3/h12-13H,4-11H2,1-3H3. The van der Waals surface area contributed by atoms with Gasteiger partial charge < -0.3 is 9.26 Å². The Morgan fingerprint density at radius 1 is 1.28 bits per heavy atom. The quantitative estimate of drug-likeness (QED) is 0.801. The minimum Gasteiger partial charge on any atom is -0.383 e. The average molecular weight is 345 g/mol. The van der Waals surface area contributed by atoms with E-state index in [4.69, 9.17) is 14.2 Å². The van der Waals surface area contributed by atoms with E-state index >= 15 is 0 Å². The van der Waals surface area contributed by atoms with E-state index < -0.39 is 0 Å². The number of hydrogen-bond donors (Lipinski definition) is 0. The summed E-state index contributed by atoms with van der Waals surface area (Å²) in [5, 5.41) is 12.9. The van der Waals surface area contributed by atoms with Crippen molar-refractivity contribution >= 4 is 0 Å². The molecule has 136 valence electrons. The average Bonchev–Trinajstić information content (AvgIpc) is 3.18. The van der Waals surface area contributed by atoms with Crippen LogP contribution >= 0.6 is 0 Å². The molecule has 0 N–H and O–H groups in total. The molecule has 2 aromatic heterocycles. The lowest BCUT2D eigenvalue weighted by molar-refractivity contribution is 0.181. The lowest BCUT2D eigenvalue weighted by atomic mass is 9.67. The first-order valence-corrected chi connectivity index (χ1v) is 9.34. The fraction of sp³-hybridized carbons (Fsp3) is 0.778. The van der Waals surface area contributed by atoms with Crippen molar-refractivity contribution in [1.82, 2.24) is 25.1 Å². The van der Waals surface area contributed by atoms with Gasteiger partial charge in [0.05, 0.1) is 24.5 Å². The zero-order valence-corrected chi connectivity index (χ0v) is 15.4. The Kier molecular flexibility index (Phi) is 4.35. The number of hydrogen-bond acceptors (Lipinski definition) is 6. The summed E-state index contributed by atoms with van der Waals surface area (Å²) in [6.45, 7) is 5.86. The number of ether oxygens (including phenoxy) is 1. The number of fused-ring (bicyclic) bond motifs is 1. The van der Waals surface area contributed by atoms with Crippen LogP contribution in [0.25, 0.3) is 0 Å². The summed E-state index contributed by atoms with van der Waals surface area (Å²) < 4.78 is 12.8. The molecule has 2 aliphatic rings. The van der Waals surface area contributed by atoms with Crippen molar-refractivity contribution in [2.24, 2.45) is 5.92 Å². The van der Waals surface area contributed by atoms with Crippen LogP contribution in [0.3, 0.4) is 0 Å². The van der Waals surface area contributed by atoms with E-state index in [0.29, 0.717) is 12.5 Å². The molecule has 0 aromatic carbocycles. The fourth-order valence-corrected chi connectivity index (χ4v) is 3.98. The van der Waals surface area contributed by atoms with Crippen molar-refractivity contribution in [3.63, 3.8) is 0 Å². The second kappa shape index (κ2) is 6.52. The van der Waals surface area contributed by atoms with Crippen LogP contribution in [0.2, 0.25) is 0 Å². The molecule has 7 nitrogen and oxygen atoms in total. The molecule has 0 bridgehead atoms. The Labute approximate surface area is 148 Å². The van der Waals surface area contributed by atoms with E-state index in [1.807, 2.05) is 4.68 Å². The summed E-state index contributed by atoms with van der Waals surface area (Å²) in [5.41, 5.74) is 2.29. The number of methoxy groups -OCH3 is 1. The second-order valence-electron chi connectivity index (χ2n) is 7.94. The predicted molar refractivity (Wildman–Crippen MR) is 91.3 cm³/mol. The topological polar surface area (TPSA) is 78.9 Å². The zero-order chi connectivity index (χ0) is 17.4. The first kappa shape index (κ1) is 16.7. The SMILES string of the molecule is COCCn1nnc2c1CC(c1nc(C(C)(C)C3CCC3)no1)CC2. The van der Waals surface area contributed by atoms with E-state index in [2.05, 4.69) is 29.3 Å². The molecule has 1 atom stereocenters. The van der Waals surface area contributed by atoms with Gasteiger partial charge in [-0.05, 0) is 31.6 Å². The summed E-state index contributed by atoms with van der Waals surface area (Å²) in [6, 6.07) is 0. The minimum absolute atomic E-state index is 0.00161. The highest BCUT2D eigenvalue weighted by atomic mass is 16.5. The van der Waals surface area contributed by atoms with Crippen molar-refractivity contribution in [2.45, 2.75) is 70.3 Å². The number of nitrogens with zero attached hydrogens (tertiary/aromatic N) is 5. The molecule has 1 unspecified atom stereocenters. The number of rotatable bonds is 6. The van der Waals surface area contributed by atoms with Crippen LogP contribution in [0.5, 0.6) is 0 Å². The molecule has 2 heterocycles. The molecular weight excluding hydrogens is 318 g/mol. The fourth-order valence-electron chi connectivity index (χ4n) is 3.98. The highest BCUT2D eigenvalue weighted by Gasteiger charge is 2.39. The Hall–Kier alpha value is -1.76. The van der Waals surface area contributed by atoms with Crippen molar-refractivity contribution in [3.05, 3.63) is 23.1 Å². The molecule has 0 aliphatic heterocycles. The van der Waals surface area contributed by atoms with Crippen LogP contribution in [0.1, 0.15) is 68.6 Å². The third kappa shape index (κ3) is 2.99. The molecular formula is C18H27N5O2. The maximum atomic E-state index is 5.69. The Balaban J connectivity index is 1.51. The van der Waals surface area contributed by atoms with Gasteiger partial charge in [0.1, 0.15) is 0 Å². The van der Waals surface area contributed by atoms with Crippen molar-refractivity contribution in [2.75, 3.05) is 13.7 Å². The van der Waals surface area contributed by atoms with Gasteiger partial charge in [0.25, 0.3) is 0 Å². The Morgan fingerprint density at radius 2 is 2.12 bits per heavy atom. The molecule has 7 heteroatoms. The lowest BCUT2D eigenvalue weighted by Gasteiger charge is -2.38. The summed E-state index contributed by atoms with van der Waals surface area (Å²) in [4.78, 5) is 4.81. The molecule has 0 amide bonds. The lowest BCUT2D eigenvalue weighted by Crippen LogP contribution is -2.34. The summed E-state index contributed by atoms with van der Waals surface area (Å²) in [6.07, 6.45) is 6.63. The van der Waals surface area contributed by atoms with Gasteiger partial charge in [0.2, 0.25) is 5.89 Å². The molecule has 1 fully saturated rings. The van der Waals surface area contributed by atoms with Crippen LogP contribution in [0, 0.1) is 5.92 Å². The molecule has 0 saturated heterocycles. The van der Waals surface area contributed by atoms with E-state index in [9.17, 15) is 0 Å². The predicted octanol–water partition coefficient (Wildman–Crippen LogP) is 2.66. The van der Waals surface area contributed by atoms with E-state index in [1.165, 1.54) is 25.0 Å². The van der Waals surface area contributed by atoms with E-state index in [1.54, 1.807) is 7.11 Å². The first-order valence-electron chi connectivity index (χ1n) is 9.34. The molecule has 2 aliphatic carbocycles. The van der Waals surface area contributed by atoms with Gasteiger partial charge in [0.15, 0.2) is 5.82 Å². The molecule has 4 rings (SSSR count). The maximum Gasteiger partial charge on any atom is 0.230 e. The van der Waals surface area contributed by atoms with E-state index in [-0.39, 0.29) is 11.3 Å². The first-order chi connectivity index (χ1) is 12.1. The van der Waals surface area contributed by atoms with Crippen molar-refractivity contribution in [1.29, 1.82) is 0 Å². The van der Waals surface area contributed by atoms with Gasteiger partial charge in [-0.3, -0.25) is 0 Å². The monoisotopic (exact) mass is 345 g/mol. The van der Waals surface area contributed by atoms with Gasteiger partial charge in [0, 0.05) is 24.9 Å². The van der Waals surface area contributed by atoms with Crippen LogP contribution in [0.15, 0.2) is 4.52 Å². The molecule has 2 aromatic rings. The Morgan fingerprint density at radius 3 is 2.84 bits per heavy atom. The zero-order valence-electron chi connectivity index (χ0n) is 15.4. The third-order valence-electron chi connectivity index (χ3n) is 6.09. The Bertz CT molecular complexity index is 732. The van der Waals surface area contributed by atoms with Gasteiger partial charge in [-0.15, -0.1) is 5.10 Å². The van der Waals surface area contributed by atoms with Crippen LogP contribution < -0.4 is 0 Å². The maximum absolute atomic E-state index is 5.69. The summed E-state index contributed by atoms with van der Waals surface area (Å²) in [7, 11) is 1.70. The highest BCUT2D eigenvalue weighted by molar-refractivity contribution is 5.19. The van der Waals surface area contributed by atoms with Crippen LogP contribution in [-0.2, 0) is 29.5 Å². The minimum atomic E-state index is 0.00161. The highest BCUT2D eigenvalue weighted by Crippen LogP contribution is 2.43. The van der Waals surface area contributed by atoms with Crippen molar-refractivity contribution < 1.29 is 9.26 Å². The third-order valence-corrected chi connectivity index (χ3v) is 6.09. The molecule has 1 saturated carbocycles.